The van der Waals surface area contributed by atoms with Crippen molar-refractivity contribution in [3.63, 3.8) is 0 Å². The van der Waals surface area contributed by atoms with E-state index in [4.69, 9.17) is 5.11 Å². The Morgan fingerprint density at radius 3 is 2.41 bits per heavy atom. The molecule has 0 spiro atoms. The Morgan fingerprint density at radius 1 is 1.47 bits per heavy atom. The van der Waals surface area contributed by atoms with Gasteiger partial charge in [-0.05, 0) is 32.1 Å². The molecule has 98 valence electrons. The van der Waals surface area contributed by atoms with Gasteiger partial charge in [0.2, 0.25) is 0 Å². The average molecular weight is 242 g/mol. The maximum atomic E-state index is 11.8. The highest BCUT2D eigenvalue weighted by molar-refractivity contribution is 5.85. The lowest BCUT2D eigenvalue weighted by atomic mass is 9.85. The van der Waals surface area contributed by atoms with E-state index in [1.807, 2.05) is 0 Å². The van der Waals surface area contributed by atoms with Crippen LogP contribution in [0.1, 0.15) is 39.5 Å². The maximum Gasteiger partial charge on any atom is 0.329 e. The molecular formula is C12H22N2O3. The first-order valence-electron chi connectivity index (χ1n) is 6.15. The summed E-state index contributed by atoms with van der Waals surface area (Å²) < 4.78 is 0. The number of nitrogens with zero attached hydrogens (tertiary/aromatic N) is 1. The van der Waals surface area contributed by atoms with E-state index in [0.29, 0.717) is 18.9 Å². The lowest BCUT2D eigenvalue weighted by Crippen LogP contribution is -2.55. The zero-order valence-electron chi connectivity index (χ0n) is 10.8. The van der Waals surface area contributed by atoms with Gasteiger partial charge in [0.25, 0.3) is 0 Å². The molecule has 17 heavy (non-hydrogen) atoms. The highest BCUT2D eigenvalue weighted by atomic mass is 16.4. The smallest absolute Gasteiger partial charge is 0.329 e. The number of urea groups is 1. The van der Waals surface area contributed by atoms with Crippen LogP contribution in [-0.4, -0.2) is 41.1 Å². The van der Waals surface area contributed by atoms with Crippen molar-refractivity contribution in [1.82, 2.24) is 10.2 Å². The summed E-state index contributed by atoms with van der Waals surface area (Å²) in [5.41, 5.74) is -1.18. The SMILES string of the molecule is CCC(C)(NC(=O)N(C)CC1CCC1)C(=O)O. The van der Waals surface area contributed by atoms with Gasteiger partial charge < -0.3 is 15.3 Å². The molecule has 5 heteroatoms. The molecule has 2 N–H and O–H groups in total. The minimum atomic E-state index is -1.18. The van der Waals surface area contributed by atoms with E-state index >= 15 is 0 Å². The van der Waals surface area contributed by atoms with Gasteiger partial charge in [0.1, 0.15) is 5.54 Å². The number of aliphatic carboxylic acids is 1. The van der Waals surface area contributed by atoms with Gasteiger partial charge in [-0.25, -0.2) is 9.59 Å². The number of carboxylic acid groups (broad SMARTS) is 1. The van der Waals surface area contributed by atoms with E-state index in [0.717, 1.165) is 0 Å². The molecule has 0 heterocycles. The number of hydrogen-bond acceptors (Lipinski definition) is 2. The van der Waals surface area contributed by atoms with E-state index < -0.39 is 11.5 Å². The van der Waals surface area contributed by atoms with Crippen molar-refractivity contribution in [2.75, 3.05) is 13.6 Å². The first-order valence-corrected chi connectivity index (χ1v) is 6.15. The zero-order valence-corrected chi connectivity index (χ0v) is 10.8. The van der Waals surface area contributed by atoms with Crippen LogP contribution in [0.2, 0.25) is 0 Å². The summed E-state index contributed by atoms with van der Waals surface area (Å²) in [6.45, 7) is 4.00. The molecule has 0 aromatic heterocycles. The van der Waals surface area contributed by atoms with E-state index in [9.17, 15) is 9.59 Å². The predicted octanol–water partition coefficient (Wildman–Crippen LogP) is 1.68. The summed E-state index contributed by atoms with van der Waals surface area (Å²) in [5, 5.41) is 11.7. The predicted molar refractivity (Wildman–Crippen MR) is 64.8 cm³/mol. The molecule has 5 nitrogen and oxygen atoms in total. The van der Waals surface area contributed by atoms with Gasteiger partial charge in [0, 0.05) is 13.6 Å². The fourth-order valence-electron chi connectivity index (χ4n) is 1.77. The highest BCUT2D eigenvalue weighted by Crippen LogP contribution is 2.26. The minimum Gasteiger partial charge on any atom is -0.480 e. The fraction of sp³-hybridized carbons (Fsp3) is 0.833. The van der Waals surface area contributed by atoms with Gasteiger partial charge in [-0.1, -0.05) is 13.3 Å². The molecule has 1 aliphatic carbocycles. The van der Waals surface area contributed by atoms with Crippen LogP contribution in [0.5, 0.6) is 0 Å². The van der Waals surface area contributed by atoms with Crippen molar-refractivity contribution >= 4 is 12.0 Å². The van der Waals surface area contributed by atoms with Crippen molar-refractivity contribution in [3.05, 3.63) is 0 Å². The van der Waals surface area contributed by atoms with Crippen LogP contribution >= 0.6 is 0 Å². The Labute approximate surface area is 102 Å². The number of carboxylic acids is 1. The van der Waals surface area contributed by atoms with Gasteiger partial charge in [0.05, 0.1) is 0 Å². The largest absolute Gasteiger partial charge is 0.480 e. The molecule has 1 aliphatic rings. The standard InChI is InChI=1S/C12H22N2O3/c1-4-12(2,10(15)16)13-11(17)14(3)8-9-6-5-7-9/h9H,4-8H2,1-3H3,(H,13,17)(H,15,16). The molecule has 0 aliphatic heterocycles. The molecule has 0 radical (unpaired) electrons. The third kappa shape index (κ3) is 3.35. The maximum absolute atomic E-state index is 11.8. The van der Waals surface area contributed by atoms with Crippen LogP contribution in [0, 0.1) is 5.92 Å². The van der Waals surface area contributed by atoms with Gasteiger partial charge in [-0.15, -0.1) is 0 Å². The Morgan fingerprint density at radius 2 is 2.06 bits per heavy atom. The first-order chi connectivity index (χ1) is 7.89. The Balaban J connectivity index is 2.48. The third-order valence-electron chi connectivity index (χ3n) is 3.67. The van der Waals surface area contributed by atoms with Crippen molar-refractivity contribution in [2.24, 2.45) is 5.92 Å². The number of rotatable bonds is 5. The summed E-state index contributed by atoms with van der Waals surface area (Å²) in [6.07, 6.45) is 3.94. The molecule has 0 bridgehead atoms. The zero-order chi connectivity index (χ0) is 13.1. The van der Waals surface area contributed by atoms with E-state index in [1.165, 1.54) is 26.2 Å². The Hall–Kier alpha value is -1.26. The van der Waals surface area contributed by atoms with Crippen LogP contribution in [0.3, 0.4) is 0 Å². The molecule has 0 saturated heterocycles. The second kappa shape index (κ2) is 5.38. The number of amides is 2. The topological polar surface area (TPSA) is 69.6 Å². The summed E-state index contributed by atoms with van der Waals surface area (Å²) in [4.78, 5) is 24.5. The van der Waals surface area contributed by atoms with Crippen molar-refractivity contribution in [3.8, 4) is 0 Å². The number of hydrogen-bond donors (Lipinski definition) is 2. The number of nitrogens with one attached hydrogen (secondary N) is 1. The lowest BCUT2D eigenvalue weighted by molar-refractivity contribution is -0.143. The summed E-state index contributed by atoms with van der Waals surface area (Å²) in [5.74, 6) is -0.408. The number of carbonyl (C=O) groups excluding carboxylic acids is 1. The molecule has 0 aromatic carbocycles. The second-order valence-corrected chi connectivity index (χ2v) is 5.10. The van der Waals surface area contributed by atoms with Crippen LogP contribution in [-0.2, 0) is 4.79 Å². The average Bonchev–Trinajstić information content (AvgIpc) is 2.22. The third-order valence-corrected chi connectivity index (χ3v) is 3.67. The molecule has 1 atom stereocenters. The molecule has 1 rings (SSSR count). The van der Waals surface area contributed by atoms with Gasteiger partial charge in [-0.2, -0.15) is 0 Å². The quantitative estimate of drug-likeness (QED) is 0.770. The minimum absolute atomic E-state index is 0.302. The molecule has 1 saturated carbocycles. The second-order valence-electron chi connectivity index (χ2n) is 5.10. The van der Waals surface area contributed by atoms with Crippen molar-refractivity contribution < 1.29 is 14.7 Å². The van der Waals surface area contributed by atoms with Gasteiger partial charge in [-0.3, -0.25) is 0 Å². The lowest BCUT2D eigenvalue weighted by Gasteiger charge is -2.32. The van der Waals surface area contributed by atoms with Crippen LogP contribution in [0.4, 0.5) is 4.79 Å². The Kier molecular flexibility index (Phi) is 4.37. The normalized spacial score (nSPS) is 19.0. The summed E-state index contributed by atoms with van der Waals surface area (Å²) in [6, 6.07) is -0.302. The molecule has 0 aromatic rings. The highest BCUT2D eigenvalue weighted by Gasteiger charge is 2.34. The molecule has 1 fully saturated rings. The van der Waals surface area contributed by atoms with Crippen LogP contribution < -0.4 is 5.32 Å². The van der Waals surface area contributed by atoms with Gasteiger partial charge in [0.15, 0.2) is 0 Å². The molecule has 2 amide bonds. The number of carbonyl (C=O) groups is 2. The van der Waals surface area contributed by atoms with E-state index in [1.54, 1.807) is 18.9 Å². The first kappa shape index (κ1) is 13.8. The van der Waals surface area contributed by atoms with Crippen molar-refractivity contribution in [2.45, 2.75) is 45.1 Å². The molecular weight excluding hydrogens is 220 g/mol. The summed E-state index contributed by atoms with van der Waals surface area (Å²) >= 11 is 0. The fourth-order valence-corrected chi connectivity index (χ4v) is 1.77. The van der Waals surface area contributed by atoms with Crippen LogP contribution in [0.25, 0.3) is 0 Å². The van der Waals surface area contributed by atoms with E-state index in [2.05, 4.69) is 5.32 Å². The Bertz CT molecular complexity index is 302. The van der Waals surface area contributed by atoms with Crippen LogP contribution in [0.15, 0.2) is 0 Å². The van der Waals surface area contributed by atoms with Crippen molar-refractivity contribution in [1.29, 1.82) is 0 Å². The van der Waals surface area contributed by atoms with Gasteiger partial charge >= 0.3 is 12.0 Å². The summed E-state index contributed by atoms with van der Waals surface area (Å²) in [7, 11) is 1.71. The van der Waals surface area contributed by atoms with E-state index in [-0.39, 0.29) is 6.03 Å². The monoisotopic (exact) mass is 242 g/mol. The molecule has 1 unspecified atom stereocenters.